The van der Waals surface area contributed by atoms with Crippen LogP contribution in [0.4, 0.5) is 11.4 Å². The number of anilines is 2. The molecule has 0 radical (unpaired) electrons. The zero-order valence-corrected chi connectivity index (χ0v) is 16.1. The minimum Gasteiger partial charge on any atom is -0.396 e. The molecule has 0 amide bonds. The van der Waals surface area contributed by atoms with Gasteiger partial charge in [-0.05, 0) is 44.5 Å². The molecule has 0 fully saturated rings. The Labute approximate surface area is 153 Å². The number of nitrogens with two attached hydrogens (primary N) is 1. The second kappa shape index (κ2) is 7.21. The van der Waals surface area contributed by atoms with Crippen molar-refractivity contribution in [1.29, 1.82) is 0 Å². The second-order valence-electron chi connectivity index (χ2n) is 5.40. The molecule has 24 heavy (non-hydrogen) atoms. The van der Waals surface area contributed by atoms with Crippen LogP contribution in [0, 0.1) is 6.92 Å². The molecule has 0 saturated carbocycles. The summed E-state index contributed by atoms with van der Waals surface area (Å²) in [5.74, 6) is 0. The van der Waals surface area contributed by atoms with E-state index in [-0.39, 0.29) is 25.5 Å². The third kappa shape index (κ3) is 3.34. The highest BCUT2D eigenvalue weighted by molar-refractivity contribution is 7.91. The Balaban J connectivity index is 2.75. The molecule has 2 aromatic rings. The van der Waals surface area contributed by atoms with Crippen LogP contribution in [0.3, 0.4) is 0 Å². The molecule has 0 aliphatic carbocycles. The van der Waals surface area contributed by atoms with Crippen molar-refractivity contribution < 1.29 is 8.42 Å². The first kappa shape index (κ1) is 18.9. The average Bonchev–Trinajstić information content (AvgIpc) is 2.53. The van der Waals surface area contributed by atoms with E-state index in [2.05, 4.69) is 0 Å². The van der Waals surface area contributed by atoms with Gasteiger partial charge in [-0.1, -0.05) is 35.3 Å². The van der Waals surface area contributed by atoms with Crippen molar-refractivity contribution in [3.8, 4) is 0 Å². The van der Waals surface area contributed by atoms with E-state index in [0.29, 0.717) is 24.3 Å². The van der Waals surface area contributed by atoms with Crippen LogP contribution in [-0.2, 0) is 9.84 Å². The van der Waals surface area contributed by atoms with Crippen molar-refractivity contribution >= 4 is 44.4 Å². The predicted molar refractivity (Wildman–Crippen MR) is 101 cm³/mol. The van der Waals surface area contributed by atoms with Gasteiger partial charge in [0.25, 0.3) is 0 Å². The quantitative estimate of drug-likeness (QED) is 0.764. The first-order valence-corrected chi connectivity index (χ1v) is 9.82. The third-order valence-electron chi connectivity index (χ3n) is 3.93. The van der Waals surface area contributed by atoms with E-state index in [1.807, 2.05) is 30.9 Å². The highest BCUT2D eigenvalue weighted by atomic mass is 35.5. The van der Waals surface area contributed by atoms with Crippen molar-refractivity contribution in [2.24, 2.45) is 0 Å². The Kier molecular flexibility index (Phi) is 5.68. The summed E-state index contributed by atoms with van der Waals surface area (Å²) in [5.41, 5.74) is 7.23. The molecule has 2 rings (SSSR count). The maximum absolute atomic E-state index is 13.2. The van der Waals surface area contributed by atoms with Crippen LogP contribution in [0.25, 0.3) is 0 Å². The summed E-state index contributed by atoms with van der Waals surface area (Å²) in [7, 11) is -3.79. The van der Waals surface area contributed by atoms with Crippen molar-refractivity contribution in [2.75, 3.05) is 23.7 Å². The molecule has 0 bridgehead atoms. The summed E-state index contributed by atoms with van der Waals surface area (Å²) in [5, 5.41) is 0.248. The molecule has 0 saturated heterocycles. The molecule has 0 unspecified atom stereocenters. The number of hydrogen-bond acceptors (Lipinski definition) is 4. The summed E-state index contributed by atoms with van der Waals surface area (Å²) in [4.78, 5) is 2.31. The number of nitrogen functional groups attached to an aromatic ring is 1. The fourth-order valence-corrected chi connectivity index (χ4v) is 5.00. The summed E-state index contributed by atoms with van der Waals surface area (Å²) in [6.45, 7) is 7.15. The summed E-state index contributed by atoms with van der Waals surface area (Å²) < 4.78 is 26.5. The molecule has 130 valence electrons. The lowest BCUT2D eigenvalue weighted by atomic mass is 10.2. The van der Waals surface area contributed by atoms with Gasteiger partial charge in [0.15, 0.2) is 0 Å². The molecule has 2 aromatic carbocycles. The molecule has 0 aromatic heterocycles. The van der Waals surface area contributed by atoms with Gasteiger partial charge in [0, 0.05) is 13.1 Å². The topological polar surface area (TPSA) is 63.4 Å². The van der Waals surface area contributed by atoms with E-state index in [1.54, 1.807) is 13.0 Å². The van der Waals surface area contributed by atoms with Gasteiger partial charge in [-0.25, -0.2) is 8.42 Å². The van der Waals surface area contributed by atoms with E-state index >= 15 is 0 Å². The van der Waals surface area contributed by atoms with Gasteiger partial charge in [0.1, 0.15) is 0 Å². The Hall–Kier alpha value is -1.43. The predicted octanol–water partition coefficient (Wildman–Crippen LogP) is 4.56. The molecule has 4 nitrogen and oxygen atoms in total. The molecule has 0 spiro atoms. The zero-order valence-electron chi connectivity index (χ0n) is 13.8. The highest BCUT2D eigenvalue weighted by Crippen LogP contribution is 2.37. The number of rotatable bonds is 5. The smallest absolute Gasteiger partial charge is 0.209 e. The van der Waals surface area contributed by atoms with Gasteiger partial charge in [-0.15, -0.1) is 0 Å². The minimum atomic E-state index is -3.79. The van der Waals surface area contributed by atoms with Crippen LogP contribution in [0.15, 0.2) is 40.1 Å². The highest BCUT2D eigenvalue weighted by Gasteiger charge is 2.26. The van der Waals surface area contributed by atoms with Crippen LogP contribution in [0.1, 0.15) is 19.4 Å². The molecule has 0 aliphatic rings. The number of hydrogen-bond donors (Lipinski definition) is 1. The van der Waals surface area contributed by atoms with Crippen LogP contribution in [0.5, 0.6) is 0 Å². The Morgan fingerprint density at radius 2 is 1.62 bits per heavy atom. The van der Waals surface area contributed by atoms with Gasteiger partial charge in [0.05, 0.1) is 31.2 Å². The third-order valence-corrected chi connectivity index (χ3v) is 6.48. The van der Waals surface area contributed by atoms with E-state index in [4.69, 9.17) is 28.9 Å². The summed E-state index contributed by atoms with van der Waals surface area (Å²) in [6, 6.07) is 8.13. The molecule has 0 aliphatic heterocycles. The molecule has 2 N–H and O–H groups in total. The van der Waals surface area contributed by atoms with Gasteiger partial charge < -0.3 is 10.6 Å². The Bertz CT molecular complexity index is 840. The standard InChI is InChI=1S/C17H20Cl2N2O2S/c1-4-21(5-2)15-8-6-7-11(3)17(15)24(22,23)12-9-13(18)16(20)14(19)10-12/h6-10H,4-5,20H2,1-3H3. The lowest BCUT2D eigenvalue weighted by Gasteiger charge is -2.25. The maximum Gasteiger partial charge on any atom is 0.209 e. The van der Waals surface area contributed by atoms with Crippen LogP contribution in [0.2, 0.25) is 10.0 Å². The van der Waals surface area contributed by atoms with Crippen LogP contribution < -0.4 is 10.6 Å². The van der Waals surface area contributed by atoms with Crippen molar-refractivity contribution in [3.05, 3.63) is 45.9 Å². The Morgan fingerprint density at radius 3 is 2.12 bits per heavy atom. The lowest BCUT2D eigenvalue weighted by Crippen LogP contribution is -2.24. The first-order chi connectivity index (χ1) is 11.2. The number of halogens is 2. The van der Waals surface area contributed by atoms with Crippen LogP contribution >= 0.6 is 23.2 Å². The second-order valence-corrected chi connectivity index (χ2v) is 8.10. The zero-order chi connectivity index (χ0) is 18.1. The van der Waals surface area contributed by atoms with Crippen molar-refractivity contribution in [2.45, 2.75) is 30.6 Å². The molecule has 7 heteroatoms. The van der Waals surface area contributed by atoms with E-state index in [1.165, 1.54) is 12.1 Å². The molecule has 0 heterocycles. The number of benzene rings is 2. The lowest BCUT2D eigenvalue weighted by molar-refractivity contribution is 0.595. The normalized spacial score (nSPS) is 11.5. The maximum atomic E-state index is 13.2. The first-order valence-electron chi connectivity index (χ1n) is 7.58. The molecular formula is C17H20Cl2N2O2S. The SMILES string of the molecule is CCN(CC)c1cccc(C)c1S(=O)(=O)c1cc(Cl)c(N)c(Cl)c1. The summed E-state index contributed by atoms with van der Waals surface area (Å²) >= 11 is 12.0. The number of nitrogens with zero attached hydrogens (tertiary/aromatic N) is 1. The average molecular weight is 387 g/mol. The largest absolute Gasteiger partial charge is 0.396 e. The molecular weight excluding hydrogens is 367 g/mol. The van der Waals surface area contributed by atoms with Crippen molar-refractivity contribution in [3.63, 3.8) is 0 Å². The van der Waals surface area contributed by atoms with Gasteiger partial charge in [0.2, 0.25) is 9.84 Å². The Morgan fingerprint density at radius 1 is 1.08 bits per heavy atom. The van der Waals surface area contributed by atoms with E-state index < -0.39 is 9.84 Å². The number of aryl methyl sites for hydroxylation is 1. The van der Waals surface area contributed by atoms with Crippen molar-refractivity contribution in [1.82, 2.24) is 0 Å². The van der Waals surface area contributed by atoms with E-state index in [0.717, 1.165) is 0 Å². The minimum absolute atomic E-state index is 0.0365. The van der Waals surface area contributed by atoms with Gasteiger partial charge in [-0.3, -0.25) is 0 Å². The fraction of sp³-hybridized carbons (Fsp3) is 0.294. The fourth-order valence-electron chi connectivity index (χ4n) is 2.63. The van der Waals surface area contributed by atoms with Gasteiger partial charge >= 0.3 is 0 Å². The number of sulfone groups is 1. The van der Waals surface area contributed by atoms with E-state index in [9.17, 15) is 8.42 Å². The van der Waals surface area contributed by atoms with Gasteiger partial charge in [-0.2, -0.15) is 0 Å². The molecule has 0 atom stereocenters. The van der Waals surface area contributed by atoms with Crippen LogP contribution in [-0.4, -0.2) is 21.5 Å². The monoisotopic (exact) mass is 386 g/mol. The summed E-state index contributed by atoms with van der Waals surface area (Å²) in [6.07, 6.45) is 0.